The molecule has 0 heterocycles. The van der Waals surface area contributed by atoms with Gasteiger partial charge in [0.15, 0.2) is 6.07 Å². The third-order valence-electron chi connectivity index (χ3n) is 1.34. The second-order valence-corrected chi connectivity index (χ2v) is 2.28. The van der Waals surface area contributed by atoms with Gasteiger partial charge in [0.1, 0.15) is 0 Å². The van der Waals surface area contributed by atoms with E-state index in [1.807, 2.05) is 0 Å². The number of amidine groups is 1. The van der Waals surface area contributed by atoms with Crippen LogP contribution in [0.25, 0.3) is 0 Å². The van der Waals surface area contributed by atoms with Gasteiger partial charge in [0.05, 0.1) is 10.8 Å². The zero-order valence-electron chi connectivity index (χ0n) is 7.04. The summed E-state index contributed by atoms with van der Waals surface area (Å²) >= 11 is 0. The average Bonchev–Trinajstić information content (AvgIpc) is 2.20. The highest BCUT2D eigenvalue weighted by Crippen LogP contribution is 2.04. The highest BCUT2D eigenvalue weighted by Gasteiger charge is 2.09. The summed E-state index contributed by atoms with van der Waals surface area (Å²) < 4.78 is 0. The minimum Gasteiger partial charge on any atom is -0.357 e. The Morgan fingerprint density at radius 1 is 1.50 bits per heavy atom. The molecule has 0 aliphatic carbocycles. The van der Waals surface area contributed by atoms with Crippen LogP contribution in [0.1, 0.15) is 0 Å². The fraction of sp³-hybridized carbons (Fsp3) is 0. The standard InChI is InChI=1S/C8H6N4O2/c9-6-8(12(13)14)11-10-7-4-2-1-3-5-7/h1-5,10H. The first-order valence-electron chi connectivity index (χ1n) is 3.67. The molecule has 1 aromatic rings. The maximum absolute atomic E-state index is 10.2. The molecular formula is C8H6N4O2. The van der Waals surface area contributed by atoms with E-state index in [2.05, 4.69) is 10.5 Å². The molecule has 0 unspecified atom stereocenters. The summed E-state index contributed by atoms with van der Waals surface area (Å²) in [5, 5.41) is 21.8. The lowest BCUT2D eigenvalue weighted by molar-refractivity contribution is -0.347. The van der Waals surface area contributed by atoms with Crippen LogP contribution in [0, 0.1) is 21.4 Å². The minimum absolute atomic E-state index is 0.585. The number of rotatable bonds is 2. The van der Waals surface area contributed by atoms with Crippen LogP contribution in [-0.4, -0.2) is 10.8 Å². The minimum atomic E-state index is -0.851. The van der Waals surface area contributed by atoms with Crippen molar-refractivity contribution in [3.63, 3.8) is 0 Å². The number of nitrogens with one attached hydrogen (secondary N) is 1. The molecule has 6 nitrogen and oxygen atoms in total. The molecule has 1 aromatic carbocycles. The number of nitriles is 1. The molecular weight excluding hydrogens is 184 g/mol. The van der Waals surface area contributed by atoms with Crippen molar-refractivity contribution in [2.75, 3.05) is 5.43 Å². The highest BCUT2D eigenvalue weighted by molar-refractivity contribution is 5.89. The summed E-state index contributed by atoms with van der Waals surface area (Å²) in [7, 11) is 0. The Hall–Kier alpha value is -2.42. The maximum atomic E-state index is 10.2. The van der Waals surface area contributed by atoms with Crippen molar-refractivity contribution < 1.29 is 4.92 Å². The third kappa shape index (κ3) is 2.57. The fourth-order valence-corrected chi connectivity index (χ4v) is 0.737. The molecule has 1 N–H and O–H groups in total. The molecule has 0 aliphatic heterocycles. The monoisotopic (exact) mass is 190 g/mol. The molecule has 0 atom stereocenters. The zero-order chi connectivity index (χ0) is 10.4. The predicted octanol–water partition coefficient (Wildman–Crippen LogP) is 1.21. The van der Waals surface area contributed by atoms with Crippen LogP contribution < -0.4 is 5.43 Å². The van der Waals surface area contributed by atoms with Gasteiger partial charge >= 0.3 is 5.84 Å². The van der Waals surface area contributed by atoms with Gasteiger partial charge in [-0.1, -0.05) is 18.2 Å². The number of benzene rings is 1. The first-order valence-corrected chi connectivity index (χ1v) is 3.67. The fourth-order valence-electron chi connectivity index (χ4n) is 0.737. The number of nitro groups is 1. The van der Waals surface area contributed by atoms with Crippen LogP contribution in [0.2, 0.25) is 0 Å². The Morgan fingerprint density at radius 2 is 2.14 bits per heavy atom. The van der Waals surface area contributed by atoms with E-state index in [1.165, 1.54) is 6.07 Å². The SMILES string of the molecule is N#CC(=NNc1ccccc1)[N+](=O)[O-]. The Bertz CT molecular complexity index is 394. The zero-order valence-corrected chi connectivity index (χ0v) is 7.04. The van der Waals surface area contributed by atoms with E-state index in [-0.39, 0.29) is 0 Å². The van der Waals surface area contributed by atoms with E-state index in [0.29, 0.717) is 5.69 Å². The van der Waals surface area contributed by atoms with E-state index in [9.17, 15) is 10.1 Å². The Morgan fingerprint density at radius 3 is 2.64 bits per heavy atom. The smallest absolute Gasteiger partial charge is 0.357 e. The summed E-state index contributed by atoms with van der Waals surface area (Å²) in [5.74, 6) is -0.770. The number of hydrogen-bond donors (Lipinski definition) is 1. The van der Waals surface area contributed by atoms with E-state index >= 15 is 0 Å². The summed E-state index contributed by atoms with van der Waals surface area (Å²) in [6.07, 6.45) is 0. The third-order valence-corrected chi connectivity index (χ3v) is 1.34. The molecule has 1 rings (SSSR count). The molecule has 0 saturated carbocycles. The normalized spacial score (nSPS) is 10.4. The van der Waals surface area contributed by atoms with Crippen LogP contribution >= 0.6 is 0 Å². The largest absolute Gasteiger partial charge is 0.466 e. The van der Waals surface area contributed by atoms with Crippen LogP contribution in [0.15, 0.2) is 35.4 Å². The van der Waals surface area contributed by atoms with Gasteiger partial charge in [-0.3, -0.25) is 0 Å². The summed E-state index contributed by atoms with van der Waals surface area (Å²) in [4.78, 5) is 9.31. The van der Waals surface area contributed by atoms with Gasteiger partial charge < -0.3 is 10.1 Å². The van der Waals surface area contributed by atoms with Crippen molar-refractivity contribution in [3.8, 4) is 6.07 Å². The maximum Gasteiger partial charge on any atom is 0.466 e. The van der Waals surface area contributed by atoms with Crippen molar-refractivity contribution in [1.29, 1.82) is 5.26 Å². The van der Waals surface area contributed by atoms with E-state index < -0.39 is 10.8 Å². The van der Waals surface area contributed by atoms with Gasteiger partial charge in [-0.2, -0.15) is 10.7 Å². The molecule has 0 amide bonds. The summed E-state index contributed by atoms with van der Waals surface area (Å²) in [5.41, 5.74) is 2.99. The van der Waals surface area contributed by atoms with Crippen LogP contribution in [0.3, 0.4) is 0 Å². The van der Waals surface area contributed by atoms with Crippen molar-refractivity contribution in [2.24, 2.45) is 5.10 Å². The van der Waals surface area contributed by atoms with E-state index in [4.69, 9.17) is 5.26 Å². The molecule has 14 heavy (non-hydrogen) atoms. The van der Waals surface area contributed by atoms with Gasteiger partial charge in [0.2, 0.25) is 0 Å². The first kappa shape index (κ1) is 9.67. The van der Waals surface area contributed by atoms with Crippen molar-refractivity contribution >= 4 is 11.5 Å². The first-order chi connectivity index (χ1) is 6.74. The number of nitrogens with zero attached hydrogens (tertiary/aromatic N) is 3. The van der Waals surface area contributed by atoms with E-state index in [0.717, 1.165) is 0 Å². The quantitative estimate of drug-likeness (QED) is 0.328. The molecule has 0 spiro atoms. The van der Waals surface area contributed by atoms with Gasteiger partial charge in [-0.15, -0.1) is 0 Å². The predicted molar refractivity (Wildman–Crippen MR) is 50.1 cm³/mol. The Balaban J connectivity index is 2.73. The molecule has 0 radical (unpaired) electrons. The molecule has 0 aromatic heterocycles. The molecule has 0 fully saturated rings. The van der Waals surface area contributed by atoms with Gasteiger partial charge in [0, 0.05) is 0 Å². The molecule has 6 heteroatoms. The lowest BCUT2D eigenvalue weighted by Gasteiger charge is -1.92. The number of hydrazone groups is 1. The van der Waals surface area contributed by atoms with Crippen molar-refractivity contribution in [2.45, 2.75) is 0 Å². The van der Waals surface area contributed by atoms with Crippen LogP contribution in [0.5, 0.6) is 0 Å². The lowest BCUT2D eigenvalue weighted by Crippen LogP contribution is -2.10. The van der Waals surface area contributed by atoms with Gasteiger partial charge in [-0.25, -0.2) is 0 Å². The Kier molecular flexibility index (Phi) is 3.15. The highest BCUT2D eigenvalue weighted by atomic mass is 16.6. The molecule has 0 saturated heterocycles. The number of para-hydroxylation sites is 1. The molecule has 0 aliphatic rings. The summed E-state index contributed by atoms with van der Waals surface area (Å²) in [6.45, 7) is 0. The van der Waals surface area contributed by atoms with Gasteiger partial charge in [-0.05, 0) is 17.1 Å². The summed E-state index contributed by atoms with van der Waals surface area (Å²) in [6, 6.07) is 10.0. The number of hydrogen-bond acceptors (Lipinski definition) is 5. The van der Waals surface area contributed by atoms with Crippen LogP contribution in [0.4, 0.5) is 5.69 Å². The van der Waals surface area contributed by atoms with Crippen LogP contribution in [-0.2, 0) is 0 Å². The molecule has 70 valence electrons. The second kappa shape index (κ2) is 4.57. The lowest BCUT2D eigenvalue weighted by atomic mass is 10.3. The number of anilines is 1. The molecule has 0 bridgehead atoms. The second-order valence-electron chi connectivity index (χ2n) is 2.28. The van der Waals surface area contributed by atoms with Crippen molar-refractivity contribution in [3.05, 3.63) is 40.4 Å². The van der Waals surface area contributed by atoms with Gasteiger partial charge in [0.25, 0.3) is 0 Å². The Labute approximate surface area is 79.6 Å². The van der Waals surface area contributed by atoms with Crippen molar-refractivity contribution in [1.82, 2.24) is 0 Å². The topological polar surface area (TPSA) is 91.3 Å². The van der Waals surface area contributed by atoms with E-state index in [1.54, 1.807) is 30.3 Å². The average molecular weight is 190 g/mol.